The van der Waals surface area contributed by atoms with Crippen LogP contribution in [0.1, 0.15) is 6.92 Å². The summed E-state index contributed by atoms with van der Waals surface area (Å²) < 4.78 is 0. The van der Waals surface area contributed by atoms with Crippen molar-refractivity contribution in [3.8, 4) is 5.75 Å². The van der Waals surface area contributed by atoms with E-state index in [0.717, 1.165) is 0 Å². The highest BCUT2D eigenvalue weighted by molar-refractivity contribution is 6.32. The number of rotatable bonds is 2. The van der Waals surface area contributed by atoms with E-state index in [9.17, 15) is 4.79 Å². The molecule has 0 aliphatic rings. The molecule has 0 aromatic heterocycles. The van der Waals surface area contributed by atoms with E-state index in [1.807, 2.05) is 0 Å². The smallest absolute Gasteiger partial charge is 0.242 e. The molecule has 0 aliphatic carbocycles. The second-order valence-electron chi connectivity index (χ2n) is 2.66. The molecular formula is C9H10ClNO2. The number of phenolic OH excluding ortho intramolecular Hbond substituents is 1. The Labute approximate surface area is 81.3 Å². The predicted molar refractivity (Wildman–Crippen MR) is 52.1 cm³/mol. The number of nitrogens with one attached hydrogen (secondary N) is 1. The zero-order valence-corrected chi connectivity index (χ0v) is 7.88. The fourth-order valence-corrected chi connectivity index (χ4v) is 0.880. The monoisotopic (exact) mass is 199 g/mol. The molecule has 1 atom stereocenters. The van der Waals surface area contributed by atoms with E-state index < -0.39 is 5.38 Å². The zero-order valence-electron chi connectivity index (χ0n) is 7.12. The Morgan fingerprint density at radius 1 is 1.62 bits per heavy atom. The van der Waals surface area contributed by atoms with Crippen molar-refractivity contribution in [3.63, 3.8) is 0 Å². The maximum Gasteiger partial charge on any atom is 0.242 e. The van der Waals surface area contributed by atoms with Crippen molar-refractivity contribution < 1.29 is 9.90 Å². The molecule has 0 radical (unpaired) electrons. The van der Waals surface area contributed by atoms with Crippen molar-refractivity contribution in [3.05, 3.63) is 24.3 Å². The normalized spacial score (nSPS) is 12.2. The topological polar surface area (TPSA) is 49.3 Å². The zero-order chi connectivity index (χ0) is 9.84. The number of anilines is 1. The van der Waals surface area contributed by atoms with Crippen LogP contribution in [-0.2, 0) is 4.79 Å². The van der Waals surface area contributed by atoms with Crippen LogP contribution in [0.15, 0.2) is 24.3 Å². The third-order valence-corrected chi connectivity index (χ3v) is 1.67. The minimum absolute atomic E-state index is 0.111. The van der Waals surface area contributed by atoms with Crippen LogP contribution in [0.5, 0.6) is 5.75 Å². The van der Waals surface area contributed by atoms with E-state index in [2.05, 4.69) is 5.32 Å². The minimum atomic E-state index is -0.581. The highest BCUT2D eigenvalue weighted by Crippen LogP contribution is 2.15. The number of hydrogen-bond acceptors (Lipinski definition) is 2. The molecule has 0 fully saturated rings. The maximum absolute atomic E-state index is 11.1. The molecule has 3 nitrogen and oxygen atoms in total. The van der Waals surface area contributed by atoms with Crippen LogP contribution < -0.4 is 5.32 Å². The van der Waals surface area contributed by atoms with Gasteiger partial charge in [-0.25, -0.2) is 0 Å². The molecule has 1 rings (SSSR count). The molecule has 0 saturated carbocycles. The van der Waals surface area contributed by atoms with Crippen LogP contribution in [0.2, 0.25) is 0 Å². The summed E-state index contributed by atoms with van der Waals surface area (Å²) >= 11 is 5.54. The Kier molecular flexibility index (Phi) is 3.14. The van der Waals surface area contributed by atoms with E-state index >= 15 is 0 Å². The van der Waals surface area contributed by atoms with Gasteiger partial charge in [-0.2, -0.15) is 0 Å². The van der Waals surface area contributed by atoms with Crippen LogP contribution in [0, 0.1) is 0 Å². The van der Waals surface area contributed by atoms with Crippen molar-refractivity contribution in [2.75, 3.05) is 5.32 Å². The third kappa shape index (κ3) is 2.95. The predicted octanol–water partition coefficient (Wildman–Crippen LogP) is 1.96. The number of alkyl halides is 1. The molecule has 1 amide bonds. The van der Waals surface area contributed by atoms with Gasteiger partial charge in [0, 0.05) is 11.8 Å². The van der Waals surface area contributed by atoms with E-state index in [-0.39, 0.29) is 11.7 Å². The molecule has 1 aromatic carbocycles. The molecule has 0 spiro atoms. The second-order valence-corrected chi connectivity index (χ2v) is 3.31. The number of amides is 1. The van der Waals surface area contributed by atoms with E-state index in [1.165, 1.54) is 12.1 Å². The lowest BCUT2D eigenvalue weighted by molar-refractivity contribution is -0.115. The number of phenols is 1. The van der Waals surface area contributed by atoms with Crippen molar-refractivity contribution in [2.45, 2.75) is 12.3 Å². The van der Waals surface area contributed by atoms with Gasteiger partial charge in [-0.15, -0.1) is 11.6 Å². The molecule has 0 aliphatic heterocycles. The lowest BCUT2D eigenvalue weighted by Gasteiger charge is -2.05. The largest absolute Gasteiger partial charge is 0.508 e. The highest BCUT2D eigenvalue weighted by atomic mass is 35.5. The van der Waals surface area contributed by atoms with E-state index in [1.54, 1.807) is 19.1 Å². The van der Waals surface area contributed by atoms with Gasteiger partial charge in [0.05, 0.1) is 0 Å². The first-order valence-corrected chi connectivity index (χ1v) is 4.27. The molecule has 0 heterocycles. The molecule has 2 N–H and O–H groups in total. The van der Waals surface area contributed by atoms with Crippen LogP contribution in [0.25, 0.3) is 0 Å². The van der Waals surface area contributed by atoms with Crippen LogP contribution in [0.4, 0.5) is 5.69 Å². The van der Waals surface area contributed by atoms with Gasteiger partial charge in [0.15, 0.2) is 0 Å². The highest BCUT2D eigenvalue weighted by Gasteiger charge is 2.08. The van der Waals surface area contributed by atoms with Gasteiger partial charge in [0.25, 0.3) is 0 Å². The van der Waals surface area contributed by atoms with E-state index in [4.69, 9.17) is 16.7 Å². The fourth-order valence-electron chi connectivity index (χ4n) is 0.825. The average molecular weight is 200 g/mol. The molecule has 0 bridgehead atoms. The lowest BCUT2D eigenvalue weighted by atomic mass is 10.3. The molecule has 70 valence electrons. The molecule has 1 aromatic rings. The minimum Gasteiger partial charge on any atom is -0.508 e. The van der Waals surface area contributed by atoms with Crippen LogP contribution in [-0.4, -0.2) is 16.4 Å². The number of halogens is 1. The van der Waals surface area contributed by atoms with Gasteiger partial charge in [0.2, 0.25) is 5.91 Å². The molecule has 4 heteroatoms. The average Bonchev–Trinajstić information content (AvgIpc) is 2.04. The summed E-state index contributed by atoms with van der Waals surface area (Å²) in [5.41, 5.74) is 0.539. The number of hydrogen-bond donors (Lipinski definition) is 2. The van der Waals surface area contributed by atoms with Crippen molar-refractivity contribution in [2.24, 2.45) is 0 Å². The number of aromatic hydroxyl groups is 1. The summed E-state index contributed by atoms with van der Waals surface area (Å²) in [5.74, 6) is -0.174. The van der Waals surface area contributed by atoms with E-state index in [0.29, 0.717) is 5.69 Å². The SMILES string of the molecule is CC(Cl)C(=O)Nc1cccc(O)c1. The number of benzene rings is 1. The summed E-state index contributed by atoms with van der Waals surface area (Å²) in [6.45, 7) is 1.58. The Bertz CT molecular complexity index is 312. The Balaban J connectivity index is 2.69. The van der Waals surface area contributed by atoms with Gasteiger partial charge in [0.1, 0.15) is 11.1 Å². The molecule has 0 saturated heterocycles. The molecule has 1 unspecified atom stereocenters. The summed E-state index contributed by atoms with van der Waals surface area (Å²) in [4.78, 5) is 11.1. The maximum atomic E-state index is 11.1. The standard InChI is InChI=1S/C9H10ClNO2/c1-6(10)9(13)11-7-3-2-4-8(12)5-7/h2-6,12H,1H3,(H,11,13). The summed E-state index contributed by atoms with van der Waals surface area (Å²) in [6, 6.07) is 6.30. The van der Waals surface area contributed by atoms with Gasteiger partial charge >= 0.3 is 0 Å². The Morgan fingerprint density at radius 3 is 2.85 bits per heavy atom. The quantitative estimate of drug-likeness (QED) is 0.716. The van der Waals surface area contributed by atoms with Gasteiger partial charge in [-0.1, -0.05) is 6.07 Å². The van der Waals surface area contributed by atoms with Gasteiger partial charge < -0.3 is 10.4 Å². The molecular weight excluding hydrogens is 190 g/mol. The molecule has 13 heavy (non-hydrogen) atoms. The first-order chi connectivity index (χ1) is 6.09. The summed E-state index contributed by atoms with van der Waals surface area (Å²) in [6.07, 6.45) is 0. The number of carbonyl (C=O) groups excluding carboxylic acids is 1. The fraction of sp³-hybridized carbons (Fsp3) is 0.222. The lowest BCUT2D eigenvalue weighted by Crippen LogP contribution is -2.20. The Morgan fingerprint density at radius 2 is 2.31 bits per heavy atom. The first kappa shape index (κ1) is 9.86. The van der Waals surface area contributed by atoms with Crippen molar-refractivity contribution in [1.29, 1.82) is 0 Å². The number of carbonyl (C=O) groups is 1. The van der Waals surface area contributed by atoms with Gasteiger partial charge in [-0.05, 0) is 19.1 Å². The van der Waals surface area contributed by atoms with Crippen LogP contribution in [0.3, 0.4) is 0 Å². The summed E-state index contributed by atoms with van der Waals surface area (Å²) in [5, 5.41) is 11.1. The van der Waals surface area contributed by atoms with Gasteiger partial charge in [-0.3, -0.25) is 4.79 Å². The van der Waals surface area contributed by atoms with Crippen LogP contribution >= 0.6 is 11.6 Å². The Hall–Kier alpha value is -1.22. The van der Waals surface area contributed by atoms with Crippen molar-refractivity contribution in [1.82, 2.24) is 0 Å². The second kappa shape index (κ2) is 4.14. The third-order valence-electron chi connectivity index (χ3n) is 1.47. The first-order valence-electron chi connectivity index (χ1n) is 3.83. The summed E-state index contributed by atoms with van der Waals surface area (Å²) in [7, 11) is 0. The van der Waals surface area contributed by atoms with Crippen molar-refractivity contribution >= 4 is 23.2 Å².